The number of phenolic OH excluding ortho intramolecular Hbond substituents is 1. The minimum atomic E-state index is -0.0723. The van der Waals surface area contributed by atoms with Crippen molar-refractivity contribution in [2.75, 3.05) is 27.3 Å². The number of carbonyl (C=O) groups is 1. The number of carbonyl (C=O) groups excluding carboxylic acids is 1. The van der Waals surface area contributed by atoms with Crippen LogP contribution >= 0.6 is 0 Å². The topological polar surface area (TPSA) is 59.0 Å². The van der Waals surface area contributed by atoms with Gasteiger partial charge in [-0.25, -0.2) is 0 Å². The molecule has 1 N–H and O–H groups in total. The van der Waals surface area contributed by atoms with E-state index >= 15 is 0 Å². The Morgan fingerprint density at radius 3 is 2.73 bits per heavy atom. The summed E-state index contributed by atoms with van der Waals surface area (Å²) in [6.07, 6.45) is 1.83. The fraction of sp³-hybridized carbons (Fsp3) is 0.381. The van der Waals surface area contributed by atoms with Crippen molar-refractivity contribution in [3.63, 3.8) is 0 Å². The standard InChI is InChI=1S/C21H25NO4/c1-25-17-9-10-18(20(12-17)26-2)21(24)16-7-5-11-22(14-16)13-15-6-3-4-8-19(15)23/h3-4,6,8-10,12,16,23H,5,7,11,13-14H2,1-2H3/t16-/m0/s1. The Balaban J connectivity index is 1.73. The number of hydrogen-bond donors (Lipinski definition) is 1. The van der Waals surface area contributed by atoms with Gasteiger partial charge in [0.05, 0.1) is 19.8 Å². The van der Waals surface area contributed by atoms with E-state index in [4.69, 9.17) is 9.47 Å². The molecule has 0 unspecified atom stereocenters. The molecule has 138 valence electrons. The SMILES string of the molecule is COc1ccc(C(=O)[C@H]2CCCN(Cc3ccccc3O)C2)c(OC)c1. The van der Waals surface area contributed by atoms with Crippen LogP contribution in [0.5, 0.6) is 17.2 Å². The molecule has 5 heteroatoms. The Labute approximate surface area is 154 Å². The number of para-hydroxylation sites is 1. The predicted octanol–water partition coefficient (Wildman–Crippen LogP) is 3.50. The van der Waals surface area contributed by atoms with Gasteiger partial charge in [0.15, 0.2) is 5.78 Å². The van der Waals surface area contributed by atoms with Crippen molar-refractivity contribution in [3.8, 4) is 17.2 Å². The lowest BCUT2D eigenvalue weighted by Gasteiger charge is -2.32. The molecule has 0 aromatic heterocycles. The van der Waals surface area contributed by atoms with E-state index in [9.17, 15) is 9.90 Å². The Bertz CT molecular complexity index is 774. The van der Waals surface area contributed by atoms with Gasteiger partial charge in [0, 0.05) is 30.6 Å². The second kappa shape index (κ2) is 8.23. The van der Waals surface area contributed by atoms with Gasteiger partial charge in [0.25, 0.3) is 0 Å². The van der Waals surface area contributed by atoms with Crippen molar-refractivity contribution in [1.82, 2.24) is 4.90 Å². The zero-order valence-corrected chi connectivity index (χ0v) is 15.3. The molecule has 0 amide bonds. The first-order valence-electron chi connectivity index (χ1n) is 8.88. The lowest BCUT2D eigenvalue weighted by atomic mass is 9.89. The number of piperidine rings is 1. The largest absolute Gasteiger partial charge is 0.508 e. The Kier molecular flexibility index (Phi) is 5.78. The molecular weight excluding hydrogens is 330 g/mol. The maximum Gasteiger partial charge on any atom is 0.170 e. The van der Waals surface area contributed by atoms with E-state index in [1.807, 2.05) is 18.2 Å². The normalized spacial score (nSPS) is 17.7. The summed E-state index contributed by atoms with van der Waals surface area (Å²) in [6.45, 7) is 2.26. The molecule has 2 aromatic carbocycles. The van der Waals surface area contributed by atoms with Crippen molar-refractivity contribution in [3.05, 3.63) is 53.6 Å². The highest BCUT2D eigenvalue weighted by molar-refractivity contribution is 6.00. The van der Waals surface area contributed by atoms with Crippen LogP contribution in [-0.2, 0) is 6.54 Å². The summed E-state index contributed by atoms with van der Waals surface area (Å²) in [4.78, 5) is 15.3. The van der Waals surface area contributed by atoms with E-state index in [1.165, 1.54) is 0 Å². The second-order valence-electron chi connectivity index (χ2n) is 6.63. The third kappa shape index (κ3) is 3.99. The Hall–Kier alpha value is -2.53. The second-order valence-corrected chi connectivity index (χ2v) is 6.63. The summed E-state index contributed by atoms with van der Waals surface area (Å²) in [5, 5.41) is 9.99. The summed E-state index contributed by atoms with van der Waals surface area (Å²) in [7, 11) is 3.16. The third-order valence-corrected chi connectivity index (χ3v) is 4.94. The van der Waals surface area contributed by atoms with Gasteiger partial charge < -0.3 is 14.6 Å². The number of likely N-dealkylation sites (tertiary alicyclic amines) is 1. The first-order chi connectivity index (χ1) is 12.6. The van der Waals surface area contributed by atoms with Crippen LogP contribution in [0.4, 0.5) is 0 Å². The van der Waals surface area contributed by atoms with Crippen LogP contribution in [0.1, 0.15) is 28.8 Å². The van der Waals surface area contributed by atoms with Gasteiger partial charge in [-0.15, -0.1) is 0 Å². The average molecular weight is 355 g/mol. The van der Waals surface area contributed by atoms with Crippen LogP contribution in [0.3, 0.4) is 0 Å². The molecular formula is C21H25NO4. The van der Waals surface area contributed by atoms with Crippen LogP contribution in [0.2, 0.25) is 0 Å². The highest BCUT2D eigenvalue weighted by Gasteiger charge is 2.28. The third-order valence-electron chi connectivity index (χ3n) is 4.94. The number of hydrogen-bond acceptors (Lipinski definition) is 5. The van der Waals surface area contributed by atoms with Crippen LogP contribution < -0.4 is 9.47 Å². The van der Waals surface area contributed by atoms with Gasteiger partial charge in [-0.1, -0.05) is 18.2 Å². The molecule has 1 heterocycles. The average Bonchev–Trinajstić information content (AvgIpc) is 2.69. The van der Waals surface area contributed by atoms with Crippen LogP contribution in [0.15, 0.2) is 42.5 Å². The minimum Gasteiger partial charge on any atom is -0.508 e. The van der Waals surface area contributed by atoms with Crippen molar-refractivity contribution >= 4 is 5.78 Å². The lowest BCUT2D eigenvalue weighted by Crippen LogP contribution is -2.38. The fourth-order valence-electron chi connectivity index (χ4n) is 3.52. The van der Waals surface area contributed by atoms with Gasteiger partial charge >= 0.3 is 0 Å². The molecule has 5 nitrogen and oxygen atoms in total. The maximum absolute atomic E-state index is 13.0. The van der Waals surface area contributed by atoms with Crippen molar-refractivity contribution in [2.24, 2.45) is 5.92 Å². The van der Waals surface area contributed by atoms with E-state index in [-0.39, 0.29) is 11.7 Å². The minimum absolute atomic E-state index is 0.0723. The monoisotopic (exact) mass is 355 g/mol. The zero-order chi connectivity index (χ0) is 18.5. The lowest BCUT2D eigenvalue weighted by molar-refractivity contribution is 0.0808. The van der Waals surface area contributed by atoms with E-state index in [1.54, 1.807) is 38.5 Å². The molecule has 3 rings (SSSR count). The maximum atomic E-state index is 13.0. The first-order valence-corrected chi connectivity index (χ1v) is 8.88. The van der Waals surface area contributed by atoms with Gasteiger partial charge in [-0.3, -0.25) is 9.69 Å². The van der Waals surface area contributed by atoms with Gasteiger partial charge in [-0.2, -0.15) is 0 Å². The quantitative estimate of drug-likeness (QED) is 0.804. The first kappa shape index (κ1) is 18.3. The zero-order valence-electron chi connectivity index (χ0n) is 15.3. The van der Waals surface area contributed by atoms with Crippen molar-refractivity contribution < 1.29 is 19.4 Å². The Morgan fingerprint density at radius 2 is 2.00 bits per heavy atom. The molecule has 2 aromatic rings. The summed E-state index contributed by atoms with van der Waals surface area (Å²) in [5.74, 6) is 1.55. The summed E-state index contributed by atoms with van der Waals surface area (Å²) >= 11 is 0. The molecule has 1 aliphatic heterocycles. The summed E-state index contributed by atoms with van der Waals surface area (Å²) in [6, 6.07) is 12.7. The van der Waals surface area contributed by atoms with E-state index < -0.39 is 0 Å². The molecule has 0 radical (unpaired) electrons. The number of ether oxygens (including phenoxy) is 2. The molecule has 0 spiro atoms. The number of benzene rings is 2. The molecule has 0 bridgehead atoms. The molecule has 0 aliphatic carbocycles. The fourth-order valence-corrected chi connectivity index (χ4v) is 3.52. The molecule has 1 saturated heterocycles. The molecule has 1 atom stereocenters. The highest BCUT2D eigenvalue weighted by Crippen LogP contribution is 2.30. The van der Waals surface area contributed by atoms with Crippen molar-refractivity contribution in [2.45, 2.75) is 19.4 Å². The number of nitrogens with zero attached hydrogens (tertiary/aromatic N) is 1. The number of phenols is 1. The van der Waals surface area contributed by atoms with Crippen LogP contribution in [-0.4, -0.2) is 43.1 Å². The van der Waals surface area contributed by atoms with Crippen molar-refractivity contribution in [1.29, 1.82) is 0 Å². The summed E-state index contributed by atoms with van der Waals surface area (Å²) < 4.78 is 10.6. The number of aromatic hydroxyl groups is 1. The van der Waals surface area contributed by atoms with Gasteiger partial charge in [0.1, 0.15) is 17.2 Å². The van der Waals surface area contributed by atoms with E-state index in [0.29, 0.717) is 35.9 Å². The Morgan fingerprint density at radius 1 is 1.19 bits per heavy atom. The number of Topliss-reactive ketones (excluding diaryl/α,β-unsaturated/α-hetero) is 1. The van der Waals surface area contributed by atoms with Gasteiger partial charge in [0.2, 0.25) is 0 Å². The number of ketones is 1. The van der Waals surface area contributed by atoms with E-state index in [0.717, 1.165) is 24.9 Å². The van der Waals surface area contributed by atoms with Gasteiger partial charge in [-0.05, 0) is 37.6 Å². The van der Waals surface area contributed by atoms with E-state index in [2.05, 4.69) is 4.90 Å². The van der Waals surface area contributed by atoms with Crippen LogP contribution in [0.25, 0.3) is 0 Å². The number of methoxy groups -OCH3 is 2. The number of rotatable bonds is 6. The smallest absolute Gasteiger partial charge is 0.170 e. The summed E-state index contributed by atoms with van der Waals surface area (Å²) in [5.41, 5.74) is 1.49. The molecule has 1 aliphatic rings. The van der Waals surface area contributed by atoms with Crippen LogP contribution in [0, 0.1) is 5.92 Å². The molecule has 0 saturated carbocycles. The molecule has 1 fully saturated rings. The predicted molar refractivity (Wildman–Crippen MR) is 100.0 cm³/mol. The molecule has 26 heavy (non-hydrogen) atoms. The highest BCUT2D eigenvalue weighted by atomic mass is 16.5.